The second kappa shape index (κ2) is 7.36. The minimum absolute atomic E-state index is 0.151. The molecule has 1 fully saturated rings. The molecule has 0 unspecified atom stereocenters. The molecule has 3 nitrogen and oxygen atoms in total. The van der Waals surface area contributed by atoms with Crippen molar-refractivity contribution in [2.45, 2.75) is 52.1 Å². The number of rotatable bonds is 4. The van der Waals surface area contributed by atoms with Gasteiger partial charge in [0.2, 0.25) is 0 Å². The number of benzene rings is 2. The van der Waals surface area contributed by atoms with Gasteiger partial charge < -0.3 is 9.80 Å². The summed E-state index contributed by atoms with van der Waals surface area (Å²) in [5.41, 5.74) is 3.57. The summed E-state index contributed by atoms with van der Waals surface area (Å²) >= 11 is 0. The Labute approximate surface area is 169 Å². The average molecular weight is 377 g/mol. The van der Waals surface area contributed by atoms with Gasteiger partial charge in [-0.1, -0.05) is 69.3 Å². The molecule has 2 heterocycles. The lowest BCUT2D eigenvalue weighted by Crippen LogP contribution is -2.51. The Kier molecular flexibility index (Phi) is 5.05. The van der Waals surface area contributed by atoms with Crippen molar-refractivity contribution in [2.24, 2.45) is 5.41 Å². The molecule has 1 spiro atoms. The summed E-state index contributed by atoms with van der Waals surface area (Å²) in [6, 6.07) is 18.7. The predicted molar refractivity (Wildman–Crippen MR) is 114 cm³/mol. The van der Waals surface area contributed by atoms with E-state index in [2.05, 4.69) is 67.0 Å². The van der Waals surface area contributed by atoms with Gasteiger partial charge in [-0.05, 0) is 48.4 Å². The van der Waals surface area contributed by atoms with E-state index in [1.807, 2.05) is 18.2 Å². The van der Waals surface area contributed by atoms with Crippen LogP contribution in [-0.4, -0.2) is 35.3 Å². The fourth-order valence-electron chi connectivity index (χ4n) is 4.73. The highest BCUT2D eigenvalue weighted by Gasteiger charge is 2.50. The number of fused-ring (bicyclic) bond motifs is 2. The van der Waals surface area contributed by atoms with E-state index in [4.69, 9.17) is 0 Å². The van der Waals surface area contributed by atoms with Crippen LogP contribution in [0.25, 0.3) is 0 Å². The minimum Gasteiger partial charge on any atom is -0.324 e. The van der Waals surface area contributed by atoms with Crippen LogP contribution in [0.15, 0.2) is 54.6 Å². The zero-order valence-electron chi connectivity index (χ0n) is 17.4. The highest BCUT2D eigenvalue weighted by molar-refractivity contribution is 6.00. The fourth-order valence-corrected chi connectivity index (χ4v) is 4.73. The van der Waals surface area contributed by atoms with Crippen molar-refractivity contribution in [2.75, 3.05) is 19.6 Å². The first-order valence-electron chi connectivity index (χ1n) is 10.6. The molecule has 0 atom stereocenters. The Morgan fingerprint density at radius 2 is 1.57 bits per heavy atom. The SMILES string of the molecule is CC(C)(C)CCN1CCC2(CC1)c1ccccc1C(=O)N2Cc1ccccc1. The topological polar surface area (TPSA) is 23.6 Å². The van der Waals surface area contributed by atoms with E-state index in [0.29, 0.717) is 12.0 Å². The zero-order valence-corrected chi connectivity index (χ0v) is 17.4. The van der Waals surface area contributed by atoms with E-state index in [9.17, 15) is 4.79 Å². The Balaban J connectivity index is 1.58. The Morgan fingerprint density at radius 1 is 0.929 bits per heavy atom. The van der Waals surface area contributed by atoms with Gasteiger partial charge in [0.15, 0.2) is 0 Å². The van der Waals surface area contributed by atoms with Gasteiger partial charge in [0.05, 0.1) is 5.54 Å². The molecule has 0 aromatic heterocycles. The normalized spacial score (nSPS) is 19.2. The second-order valence-corrected chi connectivity index (χ2v) is 9.61. The van der Waals surface area contributed by atoms with E-state index in [-0.39, 0.29) is 11.4 Å². The molecule has 4 rings (SSSR count). The summed E-state index contributed by atoms with van der Waals surface area (Å²) in [7, 11) is 0. The zero-order chi connectivity index (χ0) is 19.8. The van der Waals surface area contributed by atoms with Crippen LogP contribution in [-0.2, 0) is 12.1 Å². The van der Waals surface area contributed by atoms with Gasteiger partial charge in [-0.15, -0.1) is 0 Å². The third-order valence-electron chi connectivity index (χ3n) is 6.47. The Hall–Kier alpha value is -2.13. The largest absolute Gasteiger partial charge is 0.324 e. The van der Waals surface area contributed by atoms with Gasteiger partial charge in [0.25, 0.3) is 5.91 Å². The number of hydrogen-bond donors (Lipinski definition) is 0. The molecule has 0 aliphatic carbocycles. The summed E-state index contributed by atoms with van der Waals surface area (Å²) in [6.07, 6.45) is 3.25. The average Bonchev–Trinajstić information content (AvgIpc) is 2.91. The van der Waals surface area contributed by atoms with Crippen LogP contribution in [0.5, 0.6) is 0 Å². The maximum atomic E-state index is 13.3. The van der Waals surface area contributed by atoms with Crippen LogP contribution in [0.1, 0.15) is 61.5 Å². The maximum absolute atomic E-state index is 13.3. The third-order valence-corrected chi connectivity index (χ3v) is 6.47. The van der Waals surface area contributed by atoms with Gasteiger partial charge in [0.1, 0.15) is 0 Å². The van der Waals surface area contributed by atoms with Gasteiger partial charge in [-0.2, -0.15) is 0 Å². The lowest BCUT2D eigenvalue weighted by Gasteiger charge is -2.46. The molecular formula is C25H32N2O. The number of likely N-dealkylation sites (tertiary alicyclic amines) is 1. The molecule has 3 heteroatoms. The van der Waals surface area contributed by atoms with Crippen molar-refractivity contribution in [3.05, 3.63) is 71.3 Å². The molecular weight excluding hydrogens is 344 g/mol. The molecule has 0 N–H and O–H groups in total. The molecule has 148 valence electrons. The lowest BCUT2D eigenvalue weighted by atomic mass is 9.80. The van der Waals surface area contributed by atoms with Crippen molar-refractivity contribution < 1.29 is 4.79 Å². The van der Waals surface area contributed by atoms with Crippen molar-refractivity contribution in [1.29, 1.82) is 0 Å². The molecule has 2 aliphatic rings. The van der Waals surface area contributed by atoms with Crippen molar-refractivity contribution in [1.82, 2.24) is 9.80 Å². The monoisotopic (exact) mass is 376 g/mol. The first-order valence-corrected chi connectivity index (χ1v) is 10.6. The van der Waals surface area contributed by atoms with E-state index < -0.39 is 0 Å². The Bertz CT molecular complexity index is 829. The molecule has 0 saturated carbocycles. The molecule has 1 saturated heterocycles. The first-order chi connectivity index (χ1) is 13.4. The number of hydrogen-bond acceptors (Lipinski definition) is 2. The Morgan fingerprint density at radius 3 is 2.25 bits per heavy atom. The summed E-state index contributed by atoms with van der Waals surface area (Å²) in [5.74, 6) is 0.197. The standard InChI is InChI=1S/C25H32N2O/c1-24(2,3)13-16-26-17-14-25(15-18-26)22-12-8-7-11-21(22)23(28)27(25)19-20-9-5-4-6-10-20/h4-12H,13-19H2,1-3H3. The van der Waals surface area contributed by atoms with Crippen LogP contribution in [0.4, 0.5) is 0 Å². The van der Waals surface area contributed by atoms with Crippen LogP contribution in [0, 0.1) is 5.41 Å². The molecule has 2 aromatic rings. The lowest BCUT2D eigenvalue weighted by molar-refractivity contribution is 0.0215. The van der Waals surface area contributed by atoms with Gasteiger partial charge >= 0.3 is 0 Å². The van der Waals surface area contributed by atoms with Crippen molar-refractivity contribution >= 4 is 5.91 Å². The predicted octanol–water partition coefficient (Wildman–Crippen LogP) is 5.07. The molecule has 1 amide bonds. The summed E-state index contributed by atoms with van der Waals surface area (Å²) in [5, 5.41) is 0. The molecule has 0 bridgehead atoms. The number of amides is 1. The molecule has 2 aromatic carbocycles. The van der Waals surface area contributed by atoms with Crippen LogP contribution >= 0.6 is 0 Å². The fraction of sp³-hybridized carbons (Fsp3) is 0.480. The van der Waals surface area contributed by atoms with E-state index >= 15 is 0 Å². The highest BCUT2D eigenvalue weighted by Crippen LogP contribution is 2.47. The van der Waals surface area contributed by atoms with Gasteiger partial charge in [0, 0.05) is 25.2 Å². The third kappa shape index (κ3) is 3.60. The number of piperidine rings is 1. The van der Waals surface area contributed by atoms with E-state index in [1.54, 1.807) is 0 Å². The molecule has 0 radical (unpaired) electrons. The number of nitrogens with zero attached hydrogens (tertiary/aromatic N) is 2. The van der Waals surface area contributed by atoms with Gasteiger partial charge in [-0.3, -0.25) is 4.79 Å². The van der Waals surface area contributed by atoms with E-state index in [0.717, 1.165) is 38.0 Å². The van der Waals surface area contributed by atoms with Crippen LogP contribution in [0.2, 0.25) is 0 Å². The van der Waals surface area contributed by atoms with Crippen molar-refractivity contribution in [3.63, 3.8) is 0 Å². The number of carbonyl (C=O) groups excluding carboxylic acids is 1. The quantitative estimate of drug-likeness (QED) is 0.744. The minimum atomic E-state index is -0.151. The summed E-state index contributed by atoms with van der Waals surface area (Å²) < 4.78 is 0. The van der Waals surface area contributed by atoms with Gasteiger partial charge in [-0.25, -0.2) is 0 Å². The van der Waals surface area contributed by atoms with Crippen LogP contribution in [0.3, 0.4) is 0 Å². The second-order valence-electron chi connectivity index (χ2n) is 9.61. The highest BCUT2D eigenvalue weighted by atomic mass is 16.2. The summed E-state index contributed by atoms with van der Waals surface area (Å²) in [4.78, 5) is 18.1. The van der Waals surface area contributed by atoms with Crippen molar-refractivity contribution in [3.8, 4) is 0 Å². The van der Waals surface area contributed by atoms with E-state index in [1.165, 1.54) is 17.5 Å². The summed E-state index contributed by atoms with van der Waals surface area (Å²) in [6.45, 7) is 10.9. The smallest absolute Gasteiger partial charge is 0.255 e. The van der Waals surface area contributed by atoms with Crippen LogP contribution < -0.4 is 0 Å². The molecule has 2 aliphatic heterocycles. The first kappa shape index (κ1) is 19.2. The molecule has 28 heavy (non-hydrogen) atoms. The number of carbonyl (C=O) groups is 1. The maximum Gasteiger partial charge on any atom is 0.255 e.